The molecule has 1 aliphatic carbocycles. The minimum atomic E-state index is 0.0896. The molecule has 2 amide bonds. The molecule has 1 aliphatic rings. The van der Waals surface area contributed by atoms with Crippen LogP contribution >= 0.6 is 0 Å². The summed E-state index contributed by atoms with van der Waals surface area (Å²) in [5.74, 6) is 0.512. The minimum absolute atomic E-state index is 0.0896. The van der Waals surface area contributed by atoms with Gasteiger partial charge in [0.15, 0.2) is 0 Å². The molecule has 0 aliphatic heterocycles. The lowest BCUT2D eigenvalue weighted by atomic mass is 9.81. The second-order valence-corrected chi connectivity index (χ2v) is 6.81. The SMILES string of the molecule is CCC(C)NC(=O)C1CCC(C(=O)NCCCN(C)C)CC1. The van der Waals surface area contributed by atoms with Crippen LogP contribution in [0.5, 0.6) is 0 Å². The largest absolute Gasteiger partial charge is 0.356 e. The van der Waals surface area contributed by atoms with E-state index in [9.17, 15) is 9.59 Å². The van der Waals surface area contributed by atoms with Gasteiger partial charge in [-0.25, -0.2) is 0 Å². The van der Waals surface area contributed by atoms with Gasteiger partial charge in [-0.15, -0.1) is 0 Å². The molecule has 1 fully saturated rings. The van der Waals surface area contributed by atoms with Gasteiger partial charge in [0.2, 0.25) is 11.8 Å². The molecule has 5 heteroatoms. The molecule has 5 nitrogen and oxygen atoms in total. The summed E-state index contributed by atoms with van der Waals surface area (Å²) >= 11 is 0. The molecule has 1 unspecified atom stereocenters. The number of hydrogen-bond acceptors (Lipinski definition) is 3. The Kier molecular flexibility index (Phi) is 8.46. The second kappa shape index (κ2) is 9.82. The maximum Gasteiger partial charge on any atom is 0.223 e. The molecular formula is C17H33N3O2. The van der Waals surface area contributed by atoms with Gasteiger partial charge in [0.1, 0.15) is 0 Å². The topological polar surface area (TPSA) is 61.4 Å². The molecule has 0 bridgehead atoms. The summed E-state index contributed by atoms with van der Waals surface area (Å²) in [5.41, 5.74) is 0. The van der Waals surface area contributed by atoms with Gasteiger partial charge in [-0.05, 0) is 66.1 Å². The summed E-state index contributed by atoms with van der Waals surface area (Å²) in [6.45, 7) is 5.83. The highest BCUT2D eigenvalue weighted by atomic mass is 16.2. The first-order valence-electron chi connectivity index (χ1n) is 8.66. The molecule has 0 aromatic heterocycles. The number of carbonyl (C=O) groups is 2. The number of amides is 2. The van der Waals surface area contributed by atoms with Crippen LogP contribution in [0, 0.1) is 11.8 Å². The second-order valence-electron chi connectivity index (χ2n) is 6.81. The van der Waals surface area contributed by atoms with Crippen LogP contribution in [0.15, 0.2) is 0 Å². The van der Waals surface area contributed by atoms with Crippen LogP contribution in [-0.2, 0) is 9.59 Å². The molecule has 22 heavy (non-hydrogen) atoms. The van der Waals surface area contributed by atoms with Gasteiger partial charge >= 0.3 is 0 Å². The lowest BCUT2D eigenvalue weighted by molar-refractivity contribution is -0.130. The molecule has 2 N–H and O–H groups in total. The average molecular weight is 311 g/mol. The smallest absolute Gasteiger partial charge is 0.223 e. The van der Waals surface area contributed by atoms with E-state index in [1.54, 1.807) is 0 Å². The van der Waals surface area contributed by atoms with Crippen molar-refractivity contribution in [3.63, 3.8) is 0 Å². The highest BCUT2D eigenvalue weighted by molar-refractivity contribution is 5.81. The van der Waals surface area contributed by atoms with E-state index < -0.39 is 0 Å². The molecule has 1 atom stereocenters. The zero-order valence-electron chi connectivity index (χ0n) is 14.7. The fraction of sp³-hybridized carbons (Fsp3) is 0.882. The first-order valence-corrected chi connectivity index (χ1v) is 8.66. The van der Waals surface area contributed by atoms with Crippen molar-refractivity contribution >= 4 is 11.8 Å². The molecule has 128 valence electrons. The zero-order chi connectivity index (χ0) is 16.5. The van der Waals surface area contributed by atoms with Gasteiger partial charge in [0, 0.05) is 24.4 Å². The van der Waals surface area contributed by atoms with Crippen molar-refractivity contribution in [2.24, 2.45) is 11.8 Å². The van der Waals surface area contributed by atoms with Gasteiger partial charge < -0.3 is 15.5 Å². The quantitative estimate of drug-likeness (QED) is 0.672. The molecule has 1 saturated carbocycles. The monoisotopic (exact) mass is 311 g/mol. The Balaban J connectivity index is 2.23. The third-order valence-corrected chi connectivity index (χ3v) is 4.55. The van der Waals surface area contributed by atoms with Gasteiger partial charge in [0.25, 0.3) is 0 Å². The Morgan fingerprint density at radius 3 is 2.14 bits per heavy atom. The van der Waals surface area contributed by atoms with Crippen molar-refractivity contribution in [3.05, 3.63) is 0 Å². The van der Waals surface area contributed by atoms with Gasteiger partial charge in [-0.3, -0.25) is 9.59 Å². The van der Waals surface area contributed by atoms with Crippen LogP contribution in [0.3, 0.4) is 0 Å². The van der Waals surface area contributed by atoms with Gasteiger partial charge in [-0.1, -0.05) is 6.92 Å². The van der Waals surface area contributed by atoms with E-state index in [4.69, 9.17) is 0 Å². The fourth-order valence-electron chi connectivity index (χ4n) is 2.83. The zero-order valence-corrected chi connectivity index (χ0v) is 14.7. The summed E-state index contributed by atoms with van der Waals surface area (Å²) < 4.78 is 0. The molecule has 0 heterocycles. The van der Waals surface area contributed by atoms with E-state index in [-0.39, 0.29) is 29.7 Å². The maximum absolute atomic E-state index is 12.1. The summed E-state index contributed by atoms with van der Waals surface area (Å²) in [7, 11) is 4.07. The predicted molar refractivity (Wildman–Crippen MR) is 89.5 cm³/mol. The number of rotatable bonds is 8. The number of hydrogen-bond donors (Lipinski definition) is 2. The first-order chi connectivity index (χ1) is 10.4. The Bertz CT molecular complexity index is 350. The van der Waals surface area contributed by atoms with Gasteiger partial charge in [0.05, 0.1) is 0 Å². The predicted octanol–water partition coefficient (Wildman–Crippen LogP) is 1.78. The van der Waals surface area contributed by atoms with Crippen LogP contribution in [0.25, 0.3) is 0 Å². The number of carbonyl (C=O) groups excluding carboxylic acids is 2. The lowest BCUT2D eigenvalue weighted by Gasteiger charge is -2.28. The third-order valence-electron chi connectivity index (χ3n) is 4.55. The molecule has 0 spiro atoms. The maximum atomic E-state index is 12.1. The minimum Gasteiger partial charge on any atom is -0.356 e. The number of nitrogens with zero attached hydrogens (tertiary/aromatic N) is 1. The normalized spacial score (nSPS) is 23.1. The highest BCUT2D eigenvalue weighted by Gasteiger charge is 2.29. The van der Waals surface area contributed by atoms with E-state index in [1.807, 2.05) is 21.0 Å². The van der Waals surface area contributed by atoms with Crippen LogP contribution in [0.4, 0.5) is 0 Å². The van der Waals surface area contributed by atoms with Crippen LogP contribution in [0.1, 0.15) is 52.4 Å². The first kappa shape index (κ1) is 18.9. The van der Waals surface area contributed by atoms with Crippen LogP contribution in [0.2, 0.25) is 0 Å². The van der Waals surface area contributed by atoms with Crippen molar-refractivity contribution in [1.82, 2.24) is 15.5 Å². The van der Waals surface area contributed by atoms with Crippen molar-refractivity contribution < 1.29 is 9.59 Å². The van der Waals surface area contributed by atoms with E-state index in [1.165, 1.54) is 0 Å². The molecule has 0 saturated heterocycles. The van der Waals surface area contributed by atoms with Crippen LogP contribution < -0.4 is 10.6 Å². The Labute approximate surface area is 135 Å². The average Bonchev–Trinajstić information content (AvgIpc) is 2.51. The summed E-state index contributed by atoms with van der Waals surface area (Å²) in [6.07, 6.45) is 5.26. The third kappa shape index (κ3) is 6.77. The standard InChI is InChI=1S/C17H33N3O2/c1-5-13(2)19-17(22)15-9-7-14(8-10-15)16(21)18-11-6-12-20(3)4/h13-15H,5-12H2,1-4H3,(H,18,21)(H,19,22). The molecule has 1 rings (SSSR count). The molecule has 0 radical (unpaired) electrons. The van der Waals surface area contributed by atoms with E-state index in [2.05, 4.69) is 22.5 Å². The Hall–Kier alpha value is -1.10. The lowest BCUT2D eigenvalue weighted by Crippen LogP contribution is -2.40. The van der Waals surface area contributed by atoms with E-state index in [0.29, 0.717) is 0 Å². The highest BCUT2D eigenvalue weighted by Crippen LogP contribution is 2.29. The van der Waals surface area contributed by atoms with Crippen molar-refractivity contribution in [2.45, 2.75) is 58.4 Å². The van der Waals surface area contributed by atoms with E-state index in [0.717, 1.165) is 51.6 Å². The van der Waals surface area contributed by atoms with Crippen molar-refractivity contribution in [2.75, 3.05) is 27.2 Å². The van der Waals surface area contributed by atoms with Crippen LogP contribution in [-0.4, -0.2) is 49.9 Å². The summed E-state index contributed by atoms with van der Waals surface area (Å²) in [6, 6.07) is 0.241. The molecule has 0 aromatic rings. The van der Waals surface area contributed by atoms with Crippen molar-refractivity contribution in [3.8, 4) is 0 Å². The Morgan fingerprint density at radius 2 is 1.64 bits per heavy atom. The van der Waals surface area contributed by atoms with E-state index >= 15 is 0 Å². The molecular weight excluding hydrogens is 278 g/mol. The molecule has 0 aromatic carbocycles. The Morgan fingerprint density at radius 1 is 1.09 bits per heavy atom. The van der Waals surface area contributed by atoms with Gasteiger partial charge in [-0.2, -0.15) is 0 Å². The summed E-state index contributed by atoms with van der Waals surface area (Å²) in [5, 5.41) is 6.08. The van der Waals surface area contributed by atoms with Crippen molar-refractivity contribution in [1.29, 1.82) is 0 Å². The fourth-order valence-corrected chi connectivity index (χ4v) is 2.83. The number of nitrogens with one attached hydrogen (secondary N) is 2. The summed E-state index contributed by atoms with van der Waals surface area (Å²) in [4.78, 5) is 26.3.